The highest BCUT2D eigenvalue weighted by Crippen LogP contribution is 2.20. The van der Waals surface area contributed by atoms with Crippen LogP contribution in [0.3, 0.4) is 0 Å². The average Bonchev–Trinajstić information content (AvgIpc) is 3.08. The molecule has 0 saturated carbocycles. The van der Waals surface area contributed by atoms with Crippen molar-refractivity contribution in [1.82, 2.24) is 19.2 Å². The van der Waals surface area contributed by atoms with Gasteiger partial charge in [0.15, 0.2) is 0 Å². The summed E-state index contributed by atoms with van der Waals surface area (Å²) < 4.78 is 3.51. The van der Waals surface area contributed by atoms with Gasteiger partial charge in [0.25, 0.3) is 5.91 Å². The van der Waals surface area contributed by atoms with Crippen LogP contribution in [0, 0.1) is 11.3 Å². The molecule has 0 saturated heterocycles. The summed E-state index contributed by atoms with van der Waals surface area (Å²) in [5, 5.41) is 22.9. The van der Waals surface area contributed by atoms with E-state index in [4.69, 9.17) is 5.26 Å². The summed E-state index contributed by atoms with van der Waals surface area (Å²) in [6.07, 6.45) is 1.03. The zero-order valence-corrected chi connectivity index (χ0v) is 12.5. The number of amides is 1. The monoisotopic (exact) mass is 299 g/mol. The van der Waals surface area contributed by atoms with E-state index in [-0.39, 0.29) is 5.91 Å². The SMILES string of the molecule is CC(O)c1cc2n(n1)CCN(C(=O)c1cc(C#N)cn1C)C2. The molecule has 0 fully saturated rings. The van der Waals surface area contributed by atoms with Crippen LogP contribution in [0.2, 0.25) is 0 Å². The lowest BCUT2D eigenvalue weighted by Gasteiger charge is -2.27. The van der Waals surface area contributed by atoms with Gasteiger partial charge in [0.1, 0.15) is 11.8 Å². The predicted octanol–water partition coefficient (Wildman–Crippen LogP) is 0.803. The molecule has 1 atom stereocenters. The molecule has 3 rings (SSSR count). The zero-order chi connectivity index (χ0) is 15.9. The van der Waals surface area contributed by atoms with Gasteiger partial charge in [0, 0.05) is 19.8 Å². The Morgan fingerprint density at radius 1 is 1.45 bits per heavy atom. The van der Waals surface area contributed by atoms with E-state index in [9.17, 15) is 9.90 Å². The van der Waals surface area contributed by atoms with Gasteiger partial charge in [-0.3, -0.25) is 9.48 Å². The fourth-order valence-corrected chi connectivity index (χ4v) is 2.67. The van der Waals surface area contributed by atoms with Crippen molar-refractivity contribution in [2.45, 2.75) is 26.1 Å². The summed E-state index contributed by atoms with van der Waals surface area (Å²) in [5.74, 6) is -0.102. The number of nitriles is 1. The van der Waals surface area contributed by atoms with Crippen LogP contribution in [0.25, 0.3) is 0 Å². The fraction of sp³-hybridized carbons (Fsp3) is 0.400. The molecule has 7 nitrogen and oxygen atoms in total. The minimum absolute atomic E-state index is 0.102. The lowest BCUT2D eigenvalue weighted by molar-refractivity contribution is 0.0696. The summed E-state index contributed by atoms with van der Waals surface area (Å²) >= 11 is 0. The van der Waals surface area contributed by atoms with Gasteiger partial charge in [-0.2, -0.15) is 10.4 Å². The number of nitrogens with zero attached hydrogens (tertiary/aromatic N) is 5. The normalized spacial score (nSPS) is 15.3. The van der Waals surface area contributed by atoms with Crippen molar-refractivity contribution in [2.24, 2.45) is 7.05 Å². The molecule has 2 aromatic heterocycles. The van der Waals surface area contributed by atoms with Gasteiger partial charge in [-0.15, -0.1) is 0 Å². The molecule has 22 heavy (non-hydrogen) atoms. The average molecular weight is 299 g/mol. The van der Waals surface area contributed by atoms with Gasteiger partial charge in [-0.25, -0.2) is 0 Å². The third-order valence-corrected chi connectivity index (χ3v) is 3.89. The molecule has 1 aliphatic heterocycles. The smallest absolute Gasteiger partial charge is 0.270 e. The van der Waals surface area contributed by atoms with Crippen LogP contribution >= 0.6 is 0 Å². The van der Waals surface area contributed by atoms with Crippen molar-refractivity contribution in [3.8, 4) is 6.07 Å². The van der Waals surface area contributed by atoms with Crippen molar-refractivity contribution < 1.29 is 9.90 Å². The molecule has 0 radical (unpaired) electrons. The third kappa shape index (κ3) is 2.38. The van der Waals surface area contributed by atoms with Gasteiger partial charge in [-0.1, -0.05) is 0 Å². The Bertz CT molecular complexity index is 765. The van der Waals surface area contributed by atoms with E-state index in [2.05, 4.69) is 5.10 Å². The van der Waals surface area contributed by atoms with Crippen molar-refractivity contribution >= 4 is 5.91 Å². The first kappa shape index (κ1) is 14.4. The van der Waals surface area contributed by atoms with Crippen LogP contribution in [-0.4, -0.2) is 36.8 Å². The second-order valence-corrected chi connectivity index (χ2v) is 5.52. The number of aromatic nitrogens is 3. The highest BCUT2D eigenvalue weighted by Gasteiger charge is 2.25. The summed E-state index contributed by atoms with van der Waals surface area (Å²) in [5.41, 5.74) is 2.50. The lowest BCUT2D eigenvalue weighted by atomic mass is 10.2. The number of fused-ring (bicyclic) bond motifs is 1. The first-order valence-electron chi connectivity index (χ1n) is 7.10. The number of carbonyl (C=O) groups excluding carboxylic acids is 1. The molecular formula is C15H17N5O2. The molecular weight excluding hydrogens is 282 g/mol. The van der Waals surface area contributed by atoms with Crippen LogP contribution in [0.4, 0.5) is 0 Å². The minimum Gasteiger partial charge on any atom is -0.387 e. The van der Waals surface area contributed by atoms with Crippen molar-refractivity contribution in [3.05, 3.63) is 41.0 Å². The van der Waals surface area contributed by atoms with Gasteiger partial charge < -0.3 is 14.6 Å². The number of hydrogen-bond donors (Lipinski definition) is 1. The van der Waals surface area contributed by atoms with Crippen LogP contribution in [0.1, 0.15) is 40.5 Å². The summed E-state index contributed by atoms with van der Waals surface area (Å²) in [4.78, 5) is 14.4. The largest absolute Gasteiger partial charge is 0.387 e. The Kier molecular flexibility index (Phi) is 3.47. The van der Waals surface area contributed by atoms with E-state index in [1.165, 1.54) is 0 Å². The number of aliphatic hydroxyl groups is 1. The molecule has 0 aliphatic carbocycles. The van der Waals surface area contributed by atoms with E-state index in [1.54, 1.807) is 35.7 Å². The molecule has 1 unspecified atom stereocenters. The van der Waals surface area contributed by atoms with Gasteiger partial charge in [0.2, 0.25) is 0 Å². The summed E-state index contributed by atoms with van der Waals surface area (Å²) in [6, 6.07) is 5.48. The Morgan fingerprint density at radius 2 is 2.23 bits per heavy atom. The van der Waals surface area contributed by atoms with Crippen LogP contribution in [0.5, 0.6) is 0 Å². The number of aryl methyl sites for hydroxylation is 1. The number of carbonyl (C=O) groups is 1. The van der Waals surface area contributed by atoms with E-state index in [0.29, 0.717) is 36.6 Å². The Morgan fingerprint density at radius 3 is 2.86 bits per heavy atom. The highest BCUT2D eigenvalue weighted by atomic mass is 16.3. The quantitative estimate of drug-likeness (QED) is 0.888. The van der Waals surface area contributed by atoms with Crippen LogP contribution in [0.15, 0.2) is 18.3 Å². The molecule has 1 aliphatic rings. The molecule has 114 valence electrons. The van der Waals surface area contributed by atoms with E-state index in [1.807, 2.05) is 16.8 Å². The van der Waals surface area contributed by atoms with Gasteiger partial charge in [-0.05, 0) is 19.1 Å². The summed E-state index contributed by atoms with van der Waals surface area (Å²) in [6.45, 7) is 3.28. The first-order valence-corrected chi connectivity index (χ1v) is 7.10. The maximum atomic E-state index is 12.6. The zero-order valence-electron chi connectivity index (χ0n) is 12.5. The number of aliphatic hydroxyl groups excluding tert-OH is 1. The molecule has 2 aromatic rings. The molecule has 0 aromatic carbocycles. The Balaban J connectivity index is 1.83. The third-order valence-electron chi connectivity index (χ3n) is 3.89. The van der Waals surface area contributed by atoms with Crippen molar-refractivity contribution in [1.29, 1.82) is 5.26 Å². The maximum Gasteiger partial charge on any atom is 0.270 e. The number of hydrogen-bond acceptors (Lipinski definition) is 4. The molecule has 1 amide bonds. The van der Waals surface area contributed by atoms with Crippen molar-refractivity contribution in [2.75, 3.05) is 6.54 Å². The Hall–Kier alpha value is -2.59. The topological polar surface area (TPSA) is 87.1 Å². The molecule has 1 N–H and O–H groups in total. The second-order valence-electron chi connectivity index (χ2n) is 5.52. The predicted molar refractivity (Wildman–Crippen MR) is 77.7 cm³/mol. The minimum atomic E-state index is -0.617. The Labute approximate surface area is 128 Å². The van der Waals surface area contributed by atoms with E-state index in [0.717, 1.165) is 5.69 Å². The summed E-state index contributed by atoms with van der Waals surface area (Å²) in [7, 11) is 1.76. The standard InChI is InChI=1S/C15H17N5O2/c1-10(21)13-6-12-9-19(3-4-20(12)17-13)15(22)14-5-11(7-16)8-18(14)2/h5-6,8,10,21H,3-4,9H2,1-2H3. The van der Waals surface area contributed by atoms with Gasteiger partial charge >= 0.3 is 0 Å². The fourth-order valence-electron chi connectivity index (χ4n) is 2.67. The van der Waals surface area contributed by atoms with Crippen molar-refractivity contribution in [3.63, 3.8) is 0 Å². The first-order chi connectivity index (χ1) is 10.5. The molecule has 3 heterocycles. The molecule has 0 bridgehead atoms. The highest BCUT2D eigenvalue weighted by molar-refractivity contribution is 5.93. The maximum absolute atomic E-state index is 12.6. The lowest BCUT2D eigenvalue weighted by Crippen LogP contribution is -2.39. The number of rotatable bonds is 2. The van der Waals surface area contributed by atoms with E-state index >= 15 is 0 Å². The molecule has 0 spiro atoms. The van der Waals surface area contributed by atoms with Crippen LogP contribution < -0.4 is 0 Å². The second kappa shape index (κ2) is 5.31. The van der Waals surface area contributed by atoms with E-state index < -0.39 is 6.10 Å². The molecule has 7 heteroatoms. The van der Waals surface area contributed by atoms with Gasteiger partial charge in [0.05, 0.1) is 36.1 Å². The van der Waals surface area contributed by atoms with Crippen LogP contribution in [-0.2, 0) is 20.1 Å².